The normalized spacial score (nSPS) is 12.0. The Labute approximate surface area is 141 Å². The number of aryl methyl sites for hydroxylation is 1. The fraction of sp³-hybridized carbons (Fsp3) is 0.214. The lowest BCUT2D eigenvalue weighted by Gasteiger charge is -2.11. The summed E-state index contributed by atoms with van der Waals surface area (Å²) in [6, 6.07) is 1.75. The molecule has 2 heterocycles. The number of H-pyrrole nitrogens is 1. The van der Waals surface area contributed by atoms with Gasteiger partial charge < -0.3 is 14.8 Å². The van der Waals surface area contributed by atoms with Gasteiger partial charge in [0.25, 0.3) is 5.56 Å². The molecule has 132 valence electrons. The monoisotopic (exact) mass is 375 g/mol. The summed E-state index contributed by atoms with van der Waals surface area (Å²) in [5, 5.41) is 8.20. The average molecular weight is 376 g/mol. The zero-order chi connectivity index (χ0) is 18.5. The number of nitrogens with one attached hydrogen (secondary N) is 1. The van der Waals surface area contributed by atoms with Crippen LogP contribution in [0.25, 0.3) is 16.7 Å². The molecule has 2 aromatic heterocycles. The first-order valence-electron chi connectivity index (χ1n) is 6.88. The van der Waals surface area contributed by atoms with Crippen LogP contribution in [0.3, 0.4) is 0 Å². The van der Waals surface area contributed by atoms with E-state index >= 15 is 0 Å². The standard InChI is InChI=1S/C14H9ClF3N3O4/c1-2-8-12(25-13(23)24)20-10-11(22)19-7-3-5(14(16,17)18)6(15)4-9(7)21(8)10/h3-4H,2H2,1H3,(H,19,22)(H,23,24). The van der Waals surface area contributed by atoms with Crippen molar-refractivity contribution in [3.8, 4) is 5.88 Å². The van der Waals surface area contributed by atoms with Crippen molar-refractivity contribution in [3.05, 3.63) is 38.8 Å². The fourth-order valence-corrected chi connectivity index (χ4v) is 2.83. The van der Waals surface area contributed by atoms with Crippen molar-refractivity contribution >= 4 is 34.4 Å². The summed E-state index contributed by atoms with van der Waals surface area (Å²) in [5.41, 5.74) is -1.88. The lowest BCUT2D eigenvalue weighted by molar-refractivity contribution is -0.137. The van der Waals surface area contributed by atoms with E-state index in [1.54, 1.807) is 6.92 Å². The third kappa shape index (κ3) is 2.78. The van der Waals surface area contributed by atoms with Crippen LogP contribution in [-0.4, -0.2) is 25.6 Å². The van der Waals surface area contributed by atoms with Crippen LogP contribution in [0.5, 0.6) is 5.88 Å². The fourth-order valence-electron chi connectivity index (χ4n) is 2.56. The number of alkyl halides is 3. The van der Waals surface area contributed by atoms with Crippen LogP contribution in [0.2, 0.25) is 5.02 Å². The molecule has 0 amide bonds. The van der Waals surface area contributed by atoms with Crippen LogP contribution in [0.15, 0.2) is 16.9 Å². The number of benzene rings is 1. The van der Waals surface area contributed by atoms with E-state index < -0.39 is 28.5 Å². The second kappa shape index (κ2) is 5.66. The zero-order valence-electron chi connectivity index (χ0n) is 12.4. The minimum atomic E-state index is -4.70. The van der Waals surface area contributed by atoms with Gasteiger partial charge in [0.2, 0.25) is 11.5 Å². The lowest BCUT2D eigenvalue weighted by atomic mass is 10.1. The molecule has 0 atom stereocenters. The van der Waals surface area contributed by atoms with Crippen molar-refractivity contribution in [2.75, 3.05) is 0 Å². The highest BCUT2D eigenvalue weighted by molar-refractivity contribution is 6.32. The molecule has 0 unspecified atom stereocenters. The maximum atomic E-state index is 13.0. The highest BCUT2D eigenvalue weighted by Crippen LogP contribution is 2.37. The van der Waals surface area contributed by atoms with E-state index in [-0.39, 0.29) is 34.7 Å². The van der Waals surface area contributed by atoms with Gasteiger partial charge in [-0.05, 0) is 18.6 Å². The van der Waals surface area contributed by atoms with E-state index in [0.29, 0.717) is 0 Å². The molecule has 0 bridgehead atoms. The van der Waals surface area contributed by atoms with Crippen LogP contribution >= 0.6 is 11.6 Å². The summed E-state index contributed by atoms with van der Waals surface area (Å²) < 4.78 is 44.8. The zero-order valence-corrected chi connectivity index (χ0v) is 13.2. The van der Waals surface area contributed by atoms with Gasteiger partial charge >= 0.3 is 12.3 Å². The Hall–Kier alpha value is -2.75. The number of hydrogen-bond acceptors (Lipinski definition) is 4. The number of aromatic nitrogens is 3. The molecule has 25 heavy (non-hydrogen) atoms. The second-order valence-corrected chi connectivity index (χ2v) is 5.45. The van der Waals surface area contributed by atoms with Gasteiger partial charge in [0.1, 0.15) is 0 Å². The molecule has 2 N–H and O–H groups in total. The first-order valence-corrected chi connectivity index (χ1v) is 7.26. The van der Waals surface area contributed by atoms with Crippen LogP contribution in [0.1, 0.15) is 18.2 Å². The number of carboxylic acid groups (broad SMARTS) is 1. The van der Waals surface area contributed by atoms with Crippen LogP contribution in [0.4, 0.5) is 18.0 Å². The molecular formula is C14H9ClF3N3O4. The van der Waals surface area contributed by atoms with Crippen molar-refractivity contribution < 1.29 is 27.8 Å². The van der Waals surface area contributed by atoms with Gasteiger partial charge in [0.15, 0.2) is 0 Å². The largest absolute Gasteiger partial charge is 0.512 e. The molecule has 11 heteroatoms. The van der Waals surface area contributed by atoms with Gasteiger partial charge in [-0.2, -0.15) is 18.2 Å². The molecule has 3 aromatic rings. The number of carbonyl (C=O) groups is 1. The second-order valence-electron chi connectivity index (χ2n) is 5.05. The van der Waals surface area contributed by atoms with E-state index in [2.05, 4.69) is 14.7 Å². The van der Waals surface area contributed by atoms with E-state index in [9.17, 15) is 22.8 Å². The van der Waals surface area contributed by atoms with Crippen LogP contribution < -0.4 is 10.3 Å². The van der Waals surface area contributed by atoms with Gasteiger partial charge in [-0.25, -0.2) is 4.79 Å². The average Bonchev–Trinajstić information content (AvgIpc) is 2.84. The Morgan fingerprint density at radius 2 is 2.12 bits per heavy atom. The lowest BCUT2D eigenvalue weighted by Crippen LogP contribution is -2.13. The number of hydrogen-bond donors (Lipinski definition) is 2. The number of aromatic amines is 1. The molecule has 0 saturated heterocycles. The quantitative estimate of drug-likeness (QED) is 0.668. The van der Waals surface area contributed by atoms with Crippen molar-refractivity contribution in [2.24, 2.45) is 0 Å². The van der Waals surface area contributed by atoms with E-state index in [1.165, 1.54) is 4.40 Å². The summed E-state index contributed by atoms with van der Waals surface area (Å²) in [6.07, 6.45) is -6.12. The molecule has 1 aromatic carbocycles. The molecular weight excluding hydrogens is 367 g/mol. The molecule has 0 spiro atoms. The highest BCUT2D eigenvalue weighted by Gasteiger charge is 2.34. The Balaban J connectivity index is 2.45. The maximum absolute atomic E-state index is 13.0. The Kier molecular flexibility index (Phi) is 3.87. The molecule has 7 nitrogen and oxygen atoms in total. The summed E-state index contributed by atoms with van der Waals surface area (Å²) in [4.78, 5) is 29.0. The predicted molar refractivity (Wildman–Crippen MR) is 81.4 cm³/mol. The highest BCUT2D eigenvalue weighted by atomic mass is 35.5. The molecule has 0 aliphatic heterocycles. The number of halogens is 4. The van der Waals surface area contributed by atoms with E-state index in [0.717, 1.165) is 12.1 Å². The van der Waals surface area contributed by atoms with Crippen molar-refractivity contribution in [2.45, 2.75) is 19.5 Å². The van der Waals surface area contributed by atoms with E-state index in [1.807, 2.05) is 0 Å². The number of imidazole rings is 1. The molecule has 3 rings (SSSR count). The maximum Gasteiger partial charge on any atom is 0.512 e. The molecule has 0 saturated carbocycles. The molecule has 0 radical (unpaired) electrons. The number of nitrogens with zero attached hydrogens (tertiary/aromatic N) is 2. The van der Waals surface area contributed by atoms with Gasteiger partial charge in [-0.15, -0.1) is 0 Å². The third-order valence-corrected chi connectivity index (χ3v) is 3.85. The molecule has 0 aliphatic rings. The summed E-state index contributed by atoms with van der Waals surface area (Å²) in [6.45, 7) is 1.65. The summed E-state index contributed by atoms with van der Waals surface area (Å²) in [5.74, 6) is -0.316. The van der Waals surface area contributed by atoms with Crippen molar-refractivity contribution in [1.29, 1.82) is 0 Å². The Morgan fingerprint density at radius 1 is 1.44 bits per heavy atom. The number of ether oxygens (including phenoxy) is 1. The van der Waals surface area contributed by atoms with Gasteiger partial charge in [0, 0.05) is 0 Å². The number of fused-ring (bicyclic) bond motifs is 3. The predicted octanol–water partition coefficient (Wildman–Crippen LogP) is 3.47. The van der Waals surface area contributed by atoms with Gasteiger partial charge in [-0.3, -0.25) is 9.20 Å². The summed E-state index contributed by atoms with van der Waals surface area (Å²) in [7, 11) is 0. The third-order valence-electron chi connectivity index (χ3n) is 3.54. The molecule has 0 aliphatic carbocycles. The smallest absolute Gasteiger partial charge is 0.449 e. The topological polar surface area (TPSA) is 96.7 Å². The van der Waals surface area contributed by atoms with Crippen LogP contribution in [-0.2, 0) is 12.6 Å². The van der Waals surface area contributed by atoms with Crippen LogP contribution in [0, 0.1) is 0 Å². The number of rotatable bonds is 2. The van der Waals surface area contributed by atoms with Crippen molar-refractivity contribution in [3.63, 3.8) is 0 Å². The van der Waals surface area contributed by atoms with Gasteiger partial charge in [0.05, 0.1) is 27.3 Å². The first kappa shape index (κ1) is 17.1. The molecule has 0 fully saturated rings. The minimum absolute atomic E-state index is 0.122. The minimum Gasteiger partial charge on any atom is -0.449 e. The first-order chi connectivity index (χ1) is 11.6. The Morgan fingerprint density at radius 3 is 2.68 bits per heavy atom. The van der Waals surface area contributed by atoms with Crippen molar-refractivity contribution in [1.82, 2.24) is 14.4 Å². The van der Waals surface area contributed by atoms with Gasteiger partial charge in [-0.1, -0.05) is 18.5 Å². The Bertz CT molecular complexity index is 1070. The summed E-state index contributed by atoms with van der Waals surface area (Å²) >= 11 is 5.74. The van der Waals surface area contributed by atoms with E-state index in [4.69, 9.17) is 16.7 Å². The SMILES string of the molecule is CCc1c(OC(=O)O)nc2c(=O)[nH]c3cc(C(F)(F)F)c(Cl)cc3n12.